The molecule has 0 aliphatic rings. The summed E-state index contributed by atoms with van der Waals surface area (Å²) in [6.45, 7) is 1.84. The molecule has 0 aliphatic heterocycles. The van der Waals surface area contributed by atoms with Crippen molar-refractivity contribution >= 4 is 21.3 Å². The van der Waals surface area contributed by atoms with Crippen LogP contribution in [0.1, 0.15) is 17.3 Å². The Morgan fingerprint density at radius 2 is 1.80 bits per heavy atom. The smallest absolute Gasteiger partial charge is 0.340 e. The highest BCUT2D eigenvalue weighted by Crippen LogP contribution is 2.21. The molecule has 0 saturated carbocycles. The molecule has 0 fully saturated rings. The van der Waals surface area contributed by atoms with Crippen molar-refractivity contribution in [3.8, 4) is 0 Å². The Morgan fingerprint density at radius 1 is 1.12 bits per heavy atom. The monoisotopic (exact) mass is 356 g/mol. The van der Waals surface area contributed by atoms with Crippen LogP contribution in [0.25, 0.3) is 5.52 Å². The second-order valence-electron chi connectivity index (χ2n) is 5.26. The summed E-state index contributed by atoms with van der Waals surface area (Å²) in [6.07, 6.45) is 1.55. The molecule has 6 nitrogen and oxygen atoms in total. The van der Waals surface area contributed by atoms with Crippen LogP contribution in [0.3, 0.4) is 0 Å². The molecule has 1 aromatic carbocycles. The maximum atomic E-state index is 12.9. The van der Waals surface area contributed by atoms with E-state index in [1.807, 2.05) is 0 Å². The number of fused-ring (bicyclic) bond motifs is 1. The maximum Gasteiger partial charge on any atom is 0.340 e. The Bertz CT molecular complexity index is 1100. The molecular formula is C18H16N2O4S. The number of benzene rings is 1. The van der Waals surface area contributed by atoms with Crippen molar-refractivity contribution < 1.29 is 17.9 Å². The predicted octanol–water partition coefficient (Wildman–Crippen LogP) is 2.43. The lowest BCUT2D eigenvalue weighted by Gasteiger charge is -2.12. The van der Waals surface area contributed by atoms with Gasteiger partial charge in [-0.05, 0) is 37.3 Å². The molecule has 7 heteroatoms. The van der Waals surface area contributed by atoms with E-state index in [-0.39, 0.29) is 27.4 Å². The van der Waals surface area contributed by atoms with Gasteiger partial charge in [0, 0.05) is 6.20 Å². The fourth-order valence-electron chi connectivity index (χ4n) is 2.55. The van der Waals surface area contributed by atoms with Gasteiger partial charge in [0.15, 0.2) is 0 Å². The Kier molecular flexibility index (Phi) is 4.41. The van der Waals surface area contributed by atoms with Gasteiger partial charge in [0.1, 0.15) is 10.4 Å². The lowest BCUT2D eigenvalue weighted by molar-refractivity contribution is 0.0528. The molecule has 0 bridgehead atoms. The zero-order chi connectivity index (χ0) is 18.0. The van der Waals surface area contributed by atoms with Gasteiger partial charge < -0.3 is 9.14 Å². The summed E-state index contributed by atoms with van der Waals surface area (Å²) in [5.74, 6) is -0.629. The van der Waals surface area contributed by atoms with Crippen LogP contribution in [0, 0.1) is 5.41 Å². The molecule has 0 unspecified atom stereocenters. The number of nitrogens with one attached hydrogen (secondary N) is 1. The molecule has 1 N–H and O–H groups in total. The SMILES string of the molecule is CCOC(=O)c1cc(S(=O)(=O)c2ccccc2)c(=N)n2ccccc12. The van der Waals surface area contributed by atoms with Gasteiger partial charge in [0.2, 0.25) is 9.84 Å². The molecule has 0 saturated heterocycles. The topological polar surface area (TPSA) is 88.7 Å². The summed E-state index contributed by atoms with van der Waals surface area (Å²) in [4.78, 5) is 12.1. The number of aromatic nitrogens is 1. The number of hydrogen-bond acceptors (Lipinski definition) is 5. The summed E-state index contributed by atoms with van der Waals surface area (Å²) in [5, 5.41) is 8.32. The Morgan fingerprint density at radius 3 is 2.48 bits per heavy atom. The second-order valence-corrected chi connectivity index (χ2v) is 7.18. The van der Waals surface area contributed by atoms with E-state index < -0.39 is 15.8 Å². The fraction of sp³-hybridized carbons (Fsp3) is 0.111. The molecule has 25 heavy (non-hydrogen) atoms. The van der Waals surface area contributed by atoms with Crippen LogP contribution in [0.2, 0.25) is 0 Å². The second kappa shape index (κ2) is 6.52. The number of carbonyl (C=O) groups excluding carboxylic acids is 1. The van der Waals surface area contributed by atoms with Gasteiger partial charge in [-0.3, -0.25) is 5.41 Å². The largest absolute Gasteiger partial charge is 0.462 e. The van der Waals surface area contributed by atoms with Crippen LogP contribution in [0.5, 0.6) is 0 Å². The molecular weight excluding hydrogens is 340 g/mol. The first kappa shape index (κ1) is 16.9. The number of nitrogens with zero attached hydrogens (tertiary/aromatic N) is 1. The number of esters is 1. The third-order valence-electron chi connectivity index (χ3n) is 3.72. The minimum atomic E-state index is -3.95. The van der Waals surface area contributed by atoms with Crippen molar-refractivity contribution in [2.24, 2.45) is 0 Å². The van der Waals surface area contributed by atoms with E-state index >= 15 is 0 Å². The van der Waals surface area contributed by atoms with E-state index in [0.29, 0.717) is 5.52 Å². The Labute approximate surface area is 144 Å². The molecule has 128 valence electrons. The van der Waals surface area contributed by atoms with Gasteiger partial charge in [-0.1, -0.05) is 24.3 Å². The number of rotatable bonds is 4. The Balaban J connectivity index is 2.35. The molecule has 2 heterocycles. The third-order valence-corrected chi connectivity index (χ3v) is 5.51. The zero-order valence-electron chi connectivity index (χ0n) is 13.5. The number of pyridine rings is 2. The summed E-state index contributed by atoms with van der Waals surface area (Å²) >= 11 is 0. The molecule has 2 aromatic heterocycles. The zero-order valence-corrected chi connectivity index (χ0v) is 14.3. The van der Waals surface area contributed by atoms with Gasteiger partial charge in [0.05, 0.1) is 22.6 Å². The van der Waals surface area contributed by atoms with E-state index in [0.717, 1.165) is 0 Å². The lowest BCUT2D eigenvalue weighted by Crippen LogP contribution is -2.24. The quantitative estimate of drug-likeness (QED) is 0.727. The molecule has 0 spiro atoms. The minimum Gasteiger partial charge on any atom is -0.462 e. The van der Waals surface area contributed by atoms with Crippen molar-refractivity contribution in [1.29, 1.82) is 5.41 Å². The summed E-state index contributed by atoms with van der Waals surface area (Å²) in [5.41, 5.74) is 0.304. The van der Waals surface area contributed by atoms with Crippen LogP contribution in [-0.2, 0) is 14.6 Å². The van der Waals surface area contributed by atoms with Gasteiger partial charge in [-0.2, -0.15) is 0 Å². The van der Waals surface area contributed by atoms with Crippen LogP contribution in [0.15, 0.2) is 70.6 Å². The normalized spacial score (nSPS) is 11.4. The predicted molar refractivity (Wildman–Crippen MR) is 91.1 cm³/mol. The summed E-state index contributed by atoms with van der Waals surface area (Å²) < 4.78 is 32.3. The number of sulfone groups is 1. The average molecular weight is 356 g/mol. The summed E-state index contributed by atoms with van der Waals surface area (Å²) in [7, 11) is -3.95. The Hall–Kier alpha value is -2.93. The number of carbonyl (C=O) groups is 1. The average Bonchev–Trinajstić information content (AvgIpc) is 2.63. The fourth-order valence-corrected chi connectivity index (χ4v) is 3.95. The number of hydrogen-bond donors (Lipinski definition) is 1. The maximum absolute atomic E-state index is 12.9. The van der Waals surface area contributed by atoms with Crippen molar-refractivity contribution in [2.45, 2.75) is 16.7 Å². The first-order chi connectivity index (χ1) is 12.0. The van der Waals surface area contributed by atoms with Crippen molar-refractivity contribution in [1.82, 2.24) is 4.40 Å². The molecule has 0 amide bonds. The molecule has 0 radical (unpaired) electrons. The highest BCUT2D eigenvalue weighted by atomic mass is 32.2. The van der Waals surface area contributed by atoms with Gasteiger partial charge in [0.25, 0.3) is 0 Å². The van der Waals surface area contributed by atoms with Crippen LogP contribution in [0.4, 0.5) is 0 Å². The van der Waals surface area contributed by atoms with Crippen LogP contribution >= 0.6 is 0 Å². The van der Waals surface area contributed by atoms with Crippen molar-refractivity contribution in [2.75, 3.05) is 6.61 Å². The van der Waals surface area contributed by atoms with E-state index in [2.05, 4.69) is 0 Å². The van der Waals surface area contributed by atoms with Crippen molar-refractivity contribution in [3.63, 3.8) is 0 Å². The first-order valence-corrected chi connectivity index (χ1v) is 9.11. The van der Waals surface area contributed by atoms with Crippen LogP contribution < -0.4 is 5.49 Å². The van der Waals surface area contributed by atoms with E-state index in [1.165, 1.54) is 22.6 Å². The van der Waals surface area contributed by atoms with E-state index in [1.54, 1.807) is 49.5 Å². The molecule has 3 aromatic rings. The van der Waals surface area contributed by atoms with Gasteiger partial charge in [-0.15, -0.1) is 0 Å². The van der Waals surface area contributed by atoms with Gasteiger partial charge in [-0.25, -0.2) is 13.2 Å². The van der Waals surface area contributed by atoms with E-state index in [9.17, 15) is 13.2 Å². The molecule has 3 rings (SSSR count). The third kappa shape index (κ3) is 2.94. The lowest BCUT2D eigenvalue weighted by atomic mass is 10.2. The summed E-state index contributed by atoms with van der Waals surface area (Å²) in [6, 6.07) is 14.1. The molecule has 0 aliphatic carbocycles. The van der Waals surface area contributed by atoms with Gasteiger partial charge >= 0.3 is 5.97 Å². The first-order valence-electron chi connectivity index (χ1n) is 7.63. The standard InChI is InChI=1S/C18H16N2O4S/c1-2-24-18(21)14-12-16(17(19)20-11-7-6-10-15(14)20)25(22,23)13-8-4-3-5-9-13/h3-12,19H,2H2,1H3. The number of ether oxygens (including phenoxy) is 1. The minimum absolute atomic E-state index is 0.0641. The highest BCUT2D eigenvalue weighted by molar-refractivity contribution is 7.91. The highest BCUT2D eigenvalue weighted by Gasteiger charge is 2.24. The molecule has 0 atom stereocenters. The van der Waals surface area contributed by atoms with E-state index in [4.69, 9.17) is 10.1 Å². The van der Waals surface area contributed by atoms with Crippen molar-refractivity contribution in [3.05, 3.63) is 71.8 Å². The van der Waals surface area contributed by atoms with Crippen LogP contribution in [-0.4, -0.2) is 25.4 Å².